The van der Waals surface area contributed by atoms with Crippen LogP contribution < -0.4 is 20.9 Å². The lowest BCUT2D eigenvalue weighted by Crippen LogP contribution is -2.36. The fourth-order valence-corrected chi connectivity index (χ4v) is 4.00. The van der Waals surface area contributed by atoms with Crippen molar-refractivity contribution in [3.63, 3.8) is 0 Å². The van der Waals surface area contributed by atoms with E-state index >= 15 is 0 Å². The molecule has 10 heteroatoms. The summed E-state index contributed by atoms with van der Waals surface area (Å²) < 4.78 is 0. The van der Waals surface area contributed by atoms with E-state index in [4.69, 9.17) is 23.2 Å². The standard InChI is InChI=1S/C21H28Cl2N6O.ClH/c1-13-11-24-20(28-19(13)29(2)3)26-15-9-7-14(8-10-15)12-25-21(30)27-17-6-4-5-16(22)18(17)23;/h4-6,11,14-15H,7-10,12H2,1-3H3,(H,24,26,28)(H2,25,27,30);1H. The van der Waals surface area contributed by atoms with Gasteiger partial charge in [0.25, 0.3) is 0 Å². The minimum atomic E-state index is -0.274. The molecule has 170 valence electrons. The van der Waals surface area contributed by atoms with E-state index in [0.29, 0.717) is 40.2 Å². The van der Waals surface area contributed by atoms with E-state index in [0.717, 1.165) is 37.1 Å². The van der Waals surface area contributed by atoms with Gasteiger partial charge >= 0.3 is 6.03 Å². The number of carbonyl (C=O) groups is 1. The lowest BCUT2D eigenvalue weighted by atomic mass is 9.86. The van der Waals surface area contributed by atoms with Crippen molar-refractivity contribution in [2.45, 2.75) is 38.6 Å². The molecule has 3 N–H and O–H groups in total. The first-order chi connectivity index (χ1) is 14.3. The van der Waals surface area contributed by atoms with Gasteiger partial charge in [-0.25, -0.2) is 9.78 Å². The number of benzene rings is 1. The summed E-state index contributed by atoms with van der Waals surface area (Å²) in [5.41, 5.74) is 1.56. The molecule has 1 aliphatic rings. The number of rotatable bonds is 6. The number of nitrogens with one attached hydrogen (secondary N) is 3. The van der Waals surface area contributed by atoms with Gasteiger partial charge in [-0.2, -0.15) is 4.98 Å². The van der Waals surface area contributed by atoms with Crippen LogP contribution in [0.25, 0.3) is 0 Å². The Bertz CT molecular complexity index is 887. The van der Waals surface area contributed by atoms with E-state index in [1.54, 1.807) is 18.2 Å². The van der Waals surface area contributed by atoms with Gasteiger partial charge in [0.1, 0.15) is 5.82 Å². The Morgan fingerprint density at radius 2 is 1.90 bits per heavy atom. The Morgan fingerprint density at radius 3 is 2.58 bits per heavy atom. The van der Waals surface area contributed by atoms with Crippen LogP contribution in [0.5, 0.6) is 0 Å². The SMILES string of the molecule is Cc1cnc(NC2CCC(CNC(=O)Nc3cccc(Cl)c3Cl)CC2)nc1N(C)C.Cl. The third-order valence-corrected chi connectivity index (χ3v) is 6.12. The van der Waals surface area contributed by atoms with Crippen LogP contribution in [-0.4, -0.2) is 42.7 Å². The third kappa shape index (κ3) is 7.02. The monoisotopic (exact) mass is 486 g/mol. The fraction of sp³-hybridized carbons (Fsp3) is 0.476. The molecule has 1 aliphatic carbocycles. The van der Waals surface area contributed by atoms with Crippen LogP contribution in [-0.2, 0) is 0 Å². The molecule has 7 nitrogen and oxygen atoms in total. The van der Waals surface area contributed by atoms with Gasteiger partial charge in [0, 0.05) is 38.4 Å². The van der Waals surface area contributed by atoms with Crippen molar-refractivity contribution in [3.05, 3.63) is 40.0 Å². The van der Waals surface area contributed by atoms with E-state index in [1.807, 2.05) is 32.1 Å². The number of nitrogens with zero attached hydrogens (tertiary/aromatic N) is 3. The van der Waals surface area contributed by atoms with Crippen LogP contribution >= 0.6 is 35.6 Å². The highest BCUT2D eigenvalue weighted by molar-refractivity contribution is 6.43. The van der Waals surface area contributed by atoms with Crippen LogP contribution in [0.4, 0.5) is 22.2 Å². The average Bonchev–Trinajstić information content (AvgIpc) is 2.72. The molecule has 3 rings (SSSR count). The highest BCUT2D eigenvalue weighted by Crippen LogP contribution is 2.30. The van der Waals surface area contributed by atoms with Gasteiger partial charge in [-0.3, -0.25) is 0 Å². The summed E-state index contributed by atoms with van der Waals surface area (Å²) >= 11 is 12.1. The molecule has 1 saturated carbocycles. The molecule has 0 aliphatic heterocycles. The summed E-state index contributed by atoms with van der Waals surface area (Å²) in [6.45, 7) is 2.64. The molecule has 0 bridgehead atoms. The van der Waals surface area contributed by atoms with Gasteiger partial charge in [-0.15, -0.1) is 12.4 Å². The topological polar surface area (TPSA) is 82.2 Å². The van der Waals surface area contributed by atoms with Gasteiger partial charge in [0.05, 0.1) is 15.7 Å². The lowest BCUT2D eigenvalue weighted by Gasteiger charge is -2.29. The zero-order valence-electron chi connectivity index (χ0n) is 17.9. The maximum Gasteiger partial charge on any atom is 0.319 e. The first-order valence-corrected chi connectivity index (χ1v) is 10.9. The van der Waals surface area contributed by atoms with Crippen LogP contribution in [0.15, 0.2) is 24.4 Å². The van der Waals surface area contributed by atoms with Crippen LogP contribution in [0.1, 0.15) is 31.2 Å². The molecular formula is C21H29Cl3N6O. The fourth-order valence-electron chi connectivity index (χ4n) is 3.65. The Hall–Kier alpha value is -1.96. The van der Waals surface area contributed by atoms with Gasteiger partial charge in [-0.05, 0) is 50.7 Å². The molecule has 1 fully saturated rings. The Labute approximate surface area is 199 Å². The maximum atomic E-state index is 12.2. The summed E-state index contributed by atoms with van der Waals surface area (Å²) in [4.78, 5) is 23.2. The molecule has 2 amide bonds. The number of halogens is 3. The number of aromatic nitrogens is 2. The normalized spacial score (nSPS) is 18.0. The van der Waals surface area contributed by atoms with Crippen molar-refractivity contribution in [3.8, 4) is 0 Å². The molecule has 1 heterocycles. The second kappa shape index (κ2) is 11.6. The van der Waals surface area contributed by atoms with E-state index < -0.39 is 0 Å². The predicted octanol–water partition coefficient (Wildman–Crippen LogP) is 5.37. The van der Waals surface area contributed by atoms with E-state index in [9.17, 15) is 4.79 Å². The molecule has 0 saturated heterocycles. The molecule has 0 atom stereocenters. The average molecular weight is 488 g/mol. The Kier molecular flexibility index (Phi) is 9.47. The number of urea groups is 1. The summed E-state index contributed by atoms with van der Waals surface area (Å²) in [5.74, 6) is 2.04. The second-order valence-corrected chi connectivity index (χ2v) is 8.68. The number of amides is 2. The van der Waals surface area contributed by atoms with Gasteiger partial charge in [0.15, 0.2) is 0 Å². The summed E-state index contributed by atoms with van der Waals surface area (Å²) in [6.07, 6.45) is 5.95. The first-order valence-electron chi connectivity index (χ1n) is 10.1. The largest absolute Gasteiger partial charge is 0.362 e. The van der Waals surface area contributed by atoms with Gasteiger partial charge in [-0.1, -0.05) is 29.3 Å². The van der Waals surface area contributed by atoms with Crippen molar-refractivity contribution in [1.82, 2.24) is 15.3 Å². The molecule has 1 aromatic heterocycles. The Balaban J connectivity index is 0.00000341. The minimum Gasteiger partial charge on any atom is -0.362 e. The minimum absolute atomic E-state index is 0. The van der Waals surface area contributed by atoms with E-state index in [1.165, 1.54) is 0 Å². The second-order valence-electron chi connectivity index (χ2n) is 7.89. The zero-order chi connectivity index (χ0) is 21.7. The molecule has 1 aromatic carbocycles. The number of aryl methyl sites for hydroxylation is 1. The van der Waals surface area contributed by atoms with Crippen LogP contribution in [0.3, 0.4) is 0 Å². The lowest BCUT2D eigenvalue weighted by molar-refractivity contribution is 0.246. The quantitative estimate of drug-likeness (QED) is 0.510. The third-order valence-electron chi connectivity index (χ3n) is 5.30. The van der Waals surface area contributed by atoms with Crippen molar-refractivity contribution < 1.29 is 4.79 Å². The van der Waals surface area contributed by atoms with E-state index in [-0.39, 0.29) is 18.4 Å². The molecule has 31 heavy (non-hydrogen) atoms. The molecule has 0 radical (unpaired) electrons. The molecule has 2 aromatic rings. The zero-order valence-corrected chi connectivity index (χ0v) is 20.2. The van der Waals surface area contributed by atoms with Crippen molar-refractivity contribution in [2.24, 2.45) is 5.92 Å². The van der Waals surface area contributed by atoms with Gasteiger partial charge in [0.2, 0.25) is 5.95 Å². The molecule has 0 spiro atoms. The van der Waals surface area contributed by atoms with Crippen molar-refractivity contribution in [2.75, 3.05) is 36.2 Å². The van der Waals surface area contributed by atoms with Crippen molar-refractivity contribution in [1.29, 1.82) is 0 Å². The maximum absolute atomic E-state index is 12.2. The highest BCUT2D eigenvalue weighted by atomic mass is 35.5. The number of anilines is 3. The van der Waals surface area contributed by atoms with Crippen LogP contribution in [0, 0.1) is 12.8 Å². The van der Waals surface area contributed by atoms with Crippen molar-refractivity contribution >= 4 is 59.1 Å². The van der Waals surface area contributed by atoms with E-state index in [2.05, 4.69) is 25.9 Å². The molecule has 0 unspecified atom stereocenters. The predicted molar refractivity (Wildman–Crippen MR) is 131 cm³/mol. The summed E-state index contributed by atoms with van der Waals surface area (Å²) in [5, 5.41) is 9.90. The summed E-state index contributed by atoms with van der Waals surface area (Å²) in [6, 6.07) is 5.22. The smallest absolute Gasteiger partial charge is 0.319 e. The van der Waals surface area contributed by atoms with Gasteiger partial charge < -0.3 is 20.9 Å². The highest BCUT2D eigenvalue weighted by Gasteiger charge is 2.22. The number of hydrogen-bond donors (Lipinski definition) is 3. The van der Waals surface area contributed by atoms with Crippen LogP contribution in [0.2, 0.25) is 10.0 Å². The first kappa shape index (κ1) is 25.3. The number of carbonyl (C=O) groups excluding carboxylic acids is 1. The summed E-state index contributed by atoms with van der Waals surface area (Å²) in [7, 11) is 3.96. The number of hydrogen-bond acceptors (Lipinski definition) is 5. The molecular weight excluding hydrogens is 459 g/mol. The Morgan fingerprint density at radius 1 is 1.19 bits per heavy atom.